The molecule has 1 atom stereocenters. The average molecular weight is 235 g/mol. The molecule has 1 aliphatic heterocycles. The van der Waals surface area contributed by atoms with Crippen LogP contribution in [0.5, 0.6) is 0 Å². The third kappa shape index (κ3) is 2.20. The molecule has 2 heterocycles. The molecule has 0 saturated carbocycles. The maximum Gasteiger partial charge on any atom is 0.148 e. The van der Waals surface area contributed by atoms with Gasteiger partial charge in [0.15, 0.2) is 0 Å². The summed E-state index contributed by atoms with van der Waals surface area (Å²) >= 11 is 0. The number of hydrogen-bond acceptors (Lipinski definition) is 5. The van der Waals surface area contributed by atoms with Gasteiger partial charge in [0.1, 0.15) is 18.0 Å². The van der Waals surface area contributed by atoms with Crippen molar-refractivity contribution < 1.29 is 0 Å². The minimum Gasteiger partial charge on any atom is -0.353 e. The Balaban J connectivity index is 2.37. The molecule has 3 N–H and O–H groups in total. The highest BCUT2D eigenvalue weighted by Crippen LogP contribution is 2.30. The SMILES string of the molecule is CCc1c(NN)ncnc1N1CCCC1CC. The van der Waals surface area contributed by atoms with Crippen LogP contribution in [-0.2, 0) is 6.42 Å². The van der Waals surface area contributed by atoms with Gasteiger partial charge in [-0.1, -0.05) is 13.8 Å². The first-order valence-corrected chi connectivity index (χ1v) is 6.38. The van der Waals surface area contributed by atoms with Crippen molar-refractivity contribution in [1.82, 2.24) is 9.97 Å². The molecule has 0 bridgehead atoms. The van der Waals surface area contributed by atoms with Crippen LogP contribution in [0.2, 0.25) is 0 Å². The molecule has 5 heteroatoms. The molecule has 1 aromatic rings. The van der Waals surface area contributed by atoms with Gasteiger partial charge in [-0.25, -0.2) is 15.8 Å². The van der Waals surface area contributed by atoms with E-state index in [1.807, 2.05) is 0 Å². The van der Waals surface area contributed by atoms with E-state index >= 15 is 0 Å². The maximum absolute atomic E-state index is 5.50. The van der Waals surface area contributed by atoms with Gasteiger partial charge >= 0.3 is 0 Å². The van der Waals surface area contributed by atoms with Crippen LogP contribution in [0.1, 0.15) is 38.7 Å². The lowest BCUT2D eigenvalue weighted by Crippen LogP contribution is -2.30. The van der Waals surface area contributed by atoms with Gasteiger partial charge in [0, 0.05) is 18.2 Å². The summed E-state index contributed by atoms with van der Waals surface area (Å²) in [6.45, 7) is 5.43. The summed E-state index contributed by atoms with van der Waals surface area (Å²) in [5.74, 6) is 7.31. The number of nitrogens with zero attached hydrogens (tertiary/aromatic N) is 3. The molecule has 5 nitrogen and oxygen atoms in total. The van der Waals surface area contributed by atoms with E-state index in [1.54, 1.807) is 6.33 Å². The van der Waals surface area contributed by atoms with Gasteiger partial charge in [0.05, 0.1) is 0 Å². The highest BCUT2D eigenvalue weighted by molar-refractivity contribution is 5.59. The first-order valence-electron chi connectivity index (χ1n) is 6.38. The van der Waals surface area contributed by atoms with Crippen molar-refractivity contribution in [2.75, 3.05) is 16.9 Å². The van der Waals surface area contributed by atoms with Crippen LogP contribution in [-0.4, -0.2) is 22.6 Å². The summed E-state index contributed by atoms with van der Waals surface area (Å²) in [7, 11) is 0. The Hall–Kier alpha value is -1.36. The summed E-state index contributed by atoms with van der Waals surface area (Å²) < 4.78 is 0. The molecule has 0 radical (unpaired) electrons. The number of aromatic nitrogens is 2. The van der Waals surface area contributed by atoms with Gasteiger partial charge in [-0.3, -0.25) is 0 Å². The van der Waals surface area contributed by atoms with Crippen LogP contribution < -0.4 is 16.2 Å². The van der Waals surface area contributed by atoms with Crippen molar-refractivity contribution >= 4 is 11.6 Å². The first-order chi connectivity index (χ1) is 8.31. The van der Waals surface area contributed by atoms with E-state index in [9.17, 15) is 0 Å². The third-order valence-electron chi connectivity index (χ3n) is 3.53. The Morgan fingerprint density at radius 1 is 1.47 bits per heavy atom. The van der Waals surface area contributed by atoms with E-state index in [4.69, 9.17) is 5.84 Å². The van der Waals surface area contributed by atoms with E-state index in [-0.39, 0.29) is 0 Å². The predicted molar refractivity (Wildman–Crippen MR) is 69.9 cm³/mol. The van der Waals surface area contributed by atoms with Gasteiger partial charge < -0.3 is 10.3 Å². The number of rotatable bonds is 4. The number of hydrogen-bond donors (Lipinski definition) is 2. The second-order valence-corrected chi connectivity index (χ2v) is 4.42. The molecule has 1 aromatic heterocycles. The van der Waals surface area contributed by atoms with E-state index in [2.05, 4.69) is 34.1 Å². The summed E-state index contributed by atoms with van der Waals surface area (Å²) in [6, 6.07) is 0.612. The Bertz CT molecular complexity index is 379. The fourth-order valence-electron chi connectivity index (χ4n) is 2.64. The maximum atomic E-state index is 5.50. The van der Waals surface area contributed by atoms with Gasteiger partial charge in [-0.05, 0) is 25.7 Å². The number of hydrazine groups is 1. The third-order valence-corrected chi connectivity index (χ3v) is 3.53. The van der Waals surface area contributed by atoms with Crippen molar-refractivity contribution in [2.24, 2.45) is 5.84 Å². The molecule has 1 aliphatic rings. The minimum absolute atomic E-state index is 0.612. The van der Waals surface area contributed by atoms with Crippen LogP contribution in [0.4, 0.5) is 11.6 Å². The minimum atomic E-state index is 0.612. The second kappa shape index (κ2) is 5.31. The zero-order valence-corrected chi connectivity index (χ0v) is 10.6. The van der Waals surface area contributed by atoms with Crippen molar-refractivity contribution in [3.63, 3.8) is 0 Å². The summed E-state index contributed by atoms with van der Waals surface area (Å²) in [5.41, 5.74) is 3.79. The van der Waals surface area contributed by atoms with Gasteiger partial charge in [0.2, 0.25) is 0 Å². The van der Waals surface area contributed by atoms with Gasteiger partial charge in [-0.15, -0.1) is 0 Å². The zero-order valence-electron chi connectivity index (χ0n) is 10.6. The van der Waals surface area contributed by atoms with Crippen molar-refractivity contribution in [2.45, 2.75) is 45.6 Å². The van der Waals surface area contributed by atoms with Crippen LogP contribution in [0.3, 0.4) is 0 Å². The zero-order chi connectivity index (χ0) is 12.3. The molecule has 0 aromatic carbocycles. The lowest BCUT2D eigenvalue weighted by Gasteiger charge is -2.27. The van der Waals surface area contributed by atoms with Crippen LogP contribution in [0, 0.1) is 0 Å². The normalized spacial score (nSPS) is 19.7. The van der Waals surface area contributed by atoms with Crippen LogP contribution in [0.25, 0.3) is 0 Å². The lowest BCUT2D eigenvalue weighted by molar-refractivity contribution is 0.638. The van der Waals surface area contributed by atoms with E-state index in [1.165, 1.54) is 19.3 Å². The smallest absolute Gasteiger partial charge is 0.148 e. The number of nitrogen functional groups attached to an aromatic ring is 1. The average Bonchev–Trinajstić information content (AvgIpc) is 2.85. The van der Waals surface area contributed by atoms with E-state index in [0.717, 1.165) is 30.2 Å². The molecule has 17 heavy (non-hydrogen) atoms. The second-order valence-electron chi connectivity index (χ2n) is 4.42. The van der Waals surface area contributed by atoms with Crippen LogP contribution >= 0.6 is 0 Å². The van der Waals surface area contributed by atoms with Crippen molar-refractivity contribution in [3.8, 4) is 0 Å². The molecule has 1 unspecified atom stereocenters. The lowest BCUT2D eigenvalue weighted by atomic mass is 10.1. The number of anilines is 2. The first kappa shape index (κ1) is 12.1. The Morgan fingerprint density at radius 2 is 2.29 bits per heavy atom. The fraction of sp³-hybridized carbons (Fsp3) is 0.667. The van der Waals surface area contributed by atoms with E-state index < -0.39 is 0 Å². The molecule has 1 fully saturated rings. The van der Waals surface area contributed by atoms with Crippen molar-refractivity contribution in [3.05, 3.63) is 11.9 Å². The summed E-state index contributed by atoms with van der Waals surface area (Å²) in [4.78, 5) is 11.0. The largest absolute Gasteiger partial charge is 0.353 e. The number of nitrogens with two attached hydrogens (primary N) is 1. The molecule has 0 aliphatic carbocycles. The molecule has 2 rings (SSSR count). The summed E-state index contributed by atoms with van der Waals surface area (Å²) in [5, 5.41) is 0. The Kier molecular flexibility index (Phi) is 3.78. The van der Waals surface area contributed by atoms with Crippen LogP contribution in [0.15, 0.2) is 6.33 Å². The predicted octanol–water partition coefficient (Wildman–Crippen LogP) is 1.70. The van der Waals surface area contributed by atoms with Gasteiger partial charge in [0.25, 0.3) is 0 Å². The van der Waals surface area contributed by atoms with E-state index in [0.29, 0.717) is 6.04 Å². The molecule has 0 amide bonds. The highest BCUT2D eigenvalue weighted by Gasteiger charge is 2.26. The molecule has 1 saturated heterocycles. The Labute approximate surface area is 102 Å². The molecule has 94 valence electrons. The van der Waals surface area contributed by atoms with Gasteiger partial charge in [-0.2, -0.15) is 0 Å². The fourth-order valence-corrected chi connectivity index (χ4v) is 2.64. The summed E-state index contributed by atoms with van der Waals surface area (Å²) in [6.07, 6.45) is 6.15. The quantitative estimate of drug-likeness (QED) is 0.614. The monoisotopic (exact) mass is 235 g/mol. The standard InChI is InChI=1S/C12H21N5/c1-3-9-6-5-7-17(9)12-10(4-2)11(16-13)14-8-15-12/h8-9H,3-7,13H2,1-2H3,(H,14,15,16). The highest BCUT2D eigenvalue weighted by atomic mass is 15.3. The Morgan fingerprint density at radius 3 is 2.94 bits per heavy atom. The molecular formula is C12H21N5. The topological polar surface area (TPSA) is 67.1 Å². The molecular weight excluding hydrogens is 214 g/mol. The van der Waals surface area contributed by atoms with Crippen molar-refractivity contribution in [1.29, 1.82) is 0 Å². The molecule has 0 spiro atoms. The number of nitrogens with one attached hydrogen (secondary N) is 1.